The van der Waals surface area contributed by atoms with Crippen LogP contribution in [0.2, 0.25) is 0 Å². The normalized spacial score (nSPS) is 16.8. The predicted molar refractivity (Wildman–Crippen MR) is 140 cm³/mol. The molecular formula is C29H28F3NO5S. The molecular weight excluding hydrogens is 531 g/mol. The molecule has 3 aromatic carbocycles. The molecule has 1 aliphatic carbocycles. The smallest absolute Gasteiger partial charge is 0.416 e. The molecule has 10 heteroatoms. The lowest BCUT2D eigenvalue weighted by molar-refractivity contribution is -0.139. The van der Waals surface area contributed by atoms with Crippen molar-refractivity contribution < 1.29 is 36.2 Å². The Morgan fingerprint density at radius 2 is 1.72 bits per heavy atom. The van der Waals surface area contributed by atoms with Gasteiger partial charge in [0.05, 0.1) is 16.1 Å². The highest BCUT2D eigenvalue weighted by atomic mass is 32.2. The van der Waals surface area contributed by atoms with Gasteiger partial charge < -0.3 is 9.84 Å². The van der Waals surface area contributed by atoms with Crippen molar-refractivity contribution >= 4 is 21.7 Å². The van der Waals surface area contributed by atoms with Crippen molar-refractivity contribution in [2.45, 2.75) is 55.5 Å². The summed E-state index contributed by atoms with van der Waals surface area (Å²) >= 11 is 0. The Hall–Kier alpha value is -3.53. The van der Waals surface area contributed by atoms with Crippen LogP contribution in [0.5, 0.6) is 5.75 Å². The summed E-state index contributed by atoms with van der Waals surface area (Å²) in [7, 11) is -3.99. The number of halogens is 3. The molecule has 0 aromatic heterocycles. The van der Waals surface area contributed by atoms with E-state index in [2.05, 4.69) is 0 Å². The Labute approximate surface area is 225 Å². The summed E-state index contributed by atoms with van der Waals surface area (Å²) in [4.78, 5) is 10.9. The van der Waals surface area contributed by atoms with Gasteiger partial charge in [0, 0.05) is 12.0 Å². The average Bonchev–Trinajstić information content (AvgIpc) is 3.21. The summed E-state index contributed by atoms with van der Waals surface area (Å²) < 4.78 is 74.6. The molecule has 0 amide bonds. The Morgan fingerprint density at radius 3 is 2.38 bits per heavy atom. The number of hydrogen-bond acceptors (Lipinski definition) is 4. The second kappa shape index (κ2) is 9.89. The Morgan fingerprint density at radius 1 is 1.00 bits per heavy atom. The number of rotatable bonds is 6. The van der Waals surface area contributed by atoms with E-state index >= 15 is 0 Å². The number of carboxylic acids is 1. The lowest BCUT2D eigenvalue weighted by Crippen LogP contribution is -2.38. The summed E-state index contributed by atoms with van der Waals surface area (Å²) in [6, 6.07) is 14.7. The first kappa shape index (κ1) is 27.1. The van der Waals surface area contributed by atoms with Crippen LogP contribution in [0.3, 0.4) is 0 Å². The van der Waals surface area contributed by atoms with Crippen LogP contribution in [-0.4, -0.2) is 32.6 Å². The molecule has 5 rings (SSSR count). The molecule has 6 nitrogen and oxygen atoms in total. The molecule has 1 fully saturated rings. The molecule has 39 heavy (non-hydrogen) atoms. The minimum atomic E-state index is -4.46. The number of ether oxygens (including phenoxy) is 1. The molecule has 1 N–H and O–H groups in total. The van der Waals surface area contributed by atoms with Crippen molar-refractivity contribution in [1.29, 1.82) is 0 Å². The maximum absolute atomic E-state index is 13.9. The number of nitrogens with zero attached hydrogens (tertiary/aromatic N) is 1. The molecule has 0 radical (unpaired) electrons. The van der Waals surface area contributed by atoms with E-state index in [9.17, 15) is 26.4 Å². The van der Waals surface area contributed by atoms with Crippen molar-refractivity contribution in [3.05, 3.63) is 77.4 Å². The maximum Gasteiger partial charge on any atom is 0.416 e. The number of carbonyl (C=O) groups is 1. The molecule has 0 unspecified atom stereocenters. The molecule has 206 valence electrons. The first-order valence-corrected chi connectivity index (χ1v) is 14.1. The molecule has 0 saturated heterocycles. The van der Waals surface area contributed by atoms with Crippen molar-refractivity contribution in [1.82, 2.24) is 0 Å². The topological polar surface area (TPSA) is 83.9 Å². The molecule has 0 atom stereocenters. The zero-order chi connectivity index (χ0) is 28.0. The van der Waals surface area contributed by atoms with Gasteiger partial charge in [0.2, 0.25) is 0 Å². The fourth-order valence-corrected chi connectivity index (χ4v) is 7.42. The van der Waals surface area contributed by atoms with Gasteiger partial charge in [-0.15, -0.1) is 0 Å². The lowest BCUT2D eigenvalue weighted by atomic mass is 9.70. The average molecular weight is 560 g/mol. The van der Waals surface area contributed by atoms with Crippen LogP contribution in [0.15, 0.2) is 65.6 Å². The highest BCUT2D eigenvalue weighted by Gasteiger charge is 2.47. The number of aryl methyl sites for hydroxylation is 1. The number of carboxylic acid groups (broad SMARTS) is 1. The van der Waals surface area contributed by atoms with Crippen molar-refractivity contribution in [2.75, 3.05) is 17.5 Å². The third kappa shape index (κ3) is 5.09. The number of alkyl halides is 3. The van der Waals surface area contributed by atoms with Gasteiger partial charge in [-0.05, 0) is 84.5 Å². The van der Waals surface area contributed by atoms with E-state index in [-0.39, 0.29) is 17.2 Å². The van der Waals surface area contributed by atoms with E-state index < -0.39 is 39.8 Å². The summed E-state index contributed by atoms with van der Waals surface area (Å²) in [6.07, 6.45) is 0.0481. The summed E-state index contributed by atoms with van der Waals surface area (Å²) in [5, 5.41) is 8.87. The molecule has 1 aliphatic heterocycles. The van der Waals surface area contributed by atoms with Crippen molar-refractivity contribution in [3.8, 4) is 16.9 Å². The highest BCUT2D eigenvalue weighted by molar-refractivity contribution is 7.92. The van der Waals surface area contributed by atoms with E-state index in [0.717, 1.165) is 49.8 Å². The van der Waals surface area contributed by atoms with Gasteiger partial charge in [-0.2, -0.15) is 13.2 Å². The van der Waals surface area contributed by atoms with Crippen LogP contribution in [0.25, 0.3) is 11.1 Å². The summed E-state index contributed by atoms with van der Waals surface area (Å²) in [6.45, 7) is 1.37. The van der Waals surface area contributed by atoms with E-state index in [0.29, 0.717) is 22.4 Å². The van der Waals surface area contributed by atoms with Gasteiger partial charge in [0.15, 0.2) is 6.61 Å². The Kier molecular flexibility index (Phi) is 6.86. The molecule has 2 aliphatic rings. The van der Waals surface area contributed by atoms with Crippen LogP contribution in [-0.2, 0) is 26.4 Å². The van der Waals surface area contributed by atoms with Gasteiger partial charge in [0.25, 0.3) is 10.0 Å². The molecule has 1 heterocycles. The number of aliphatic carboxylic acids is 1. The highest BCUT2D eigenvalue weighted by Crippen LogP contribution is 2.52. The third-order valence-corrected chi connectivity index (χ3v) is 9.46. The van der Waals surface area contributed by atoms with E-state index in [1.54, 1.807) is 25.1 Å². The fourth-order valence-electron chi connectivity index (χ4n) is 5.76. The lowest BCUT2D eigenvalue weighted by Gasteiger charge is -2.34. The summed E-state index contributed by atoms with van der Waals surface area (Å²) in [5.74, 6) is -0.852. The monoisotopic (exact) mass is 559 g/mol. The van der Waals surface area contributed by atoms with Crippen LogP contribution < -0.4 is 9.04 Å². The second-order valence-electron chi connectivity index (χ2n) is 10.3. The maximum atomic E-state index is 13.9. The van der Waals surface area contributed by atoms with Gasteiger partial charge in [-0.3, -0.25) is 4.31 Å². The van der Waals surface area contributed by atoms with Crippen molar-refractivity contribution in [2.24, 2.45) is 0 Å². The Bertz CT molecular complexity index is 1530. The largest absolute Gasteiger partial charge is 0.482 e. The number of fused-ring (bicyclic) bond motifs is 2. The van der Waals surface area contributed by atoms with Crippen molar-refractivity contribution in [3.63, 3.8) is 0 Å². The molecule has 1 saturated carbocycles. The molecule has 0 bridgehead atoms. The number of anilines is 1. The fraction of sp³-hybridized carbons (Fsp3) is 0.345. The first-order chi connectivity index (χ1) is 18.4. The van der Waals surface area contributed by atoms with Crippen LogP contribution in [0.4, 0.5) is 18.9 Å². The van der Waals surface area contributed by atoms with Gasteiger partial charge in [-0.25, -0.2) is 13.2 Å². The molecule has 3 aromatic rings. The van der Waals surface area contributed by atoms with Crippen LogP contribution in [0, 0.1) is 6.92 Å². The first-order valence-electron chi connectivity index (χ1n) is 12.7. The van der Waals surface area contributed by atoms with Crippen LogP contribution >= 0.6 is 0 Å². The standard InChI is InChI=1S/C29H28F3NO5S/c1-19-14-23(9-11-26(19)38-17-27(34)35)39(36,37)33-18-28(12-3-2-4-13-28)24-16-21(8-10-25(24)33)20-6-5-7-22(15-20)29(30,31)32/h5-11,14-16H,2-4,12-13,17-18H2,1H3,(H,34,35). The third-order valence-electron chi connectivity index (χ3n) is 7.70. The van der Waals surface area contributed by atoms with Gasteiger partial charge in [-0.1, -0.05) is 37.5 Å². The van der Waals surface area contributed by atoms with E-state index in [1.165, 1.54) is 28.6 Å². The Balaban J connectivity index is 1.55. The zero-order valence-corrected chi connectivity index (χ0v) is 22.1. The van der Waals surface area contributed by atoms with E-state index in [4.69, 9.17) is 9.84 Å². The number of benzene rings is 3. The van der Waals surface area contributed by atoms with Crippen LogP contribution in [0.1, 0.15) is 48.8 Å². The minimum absolute atomic E-state index is 0.0587. The van der Waals surface area contributed by atoms with Gasteiger partial charge >= 0.3 is 12.1 Å². The SMILES string of the molecule is Cc1cc(S(=O)(=O)N2CC3(CCCCC3)c3cc(-c4cccc(C(F)(F)F)c4)ccc32)ccc1OCC(=O)O. The van der Waals surface area contributed by atoms with Gasteiger partial charge in [0.1, 0.15) is 5.75 Å². The van der Waals surface area contributed by atoms with E-state index in [1.807, 2.05) is 6.07 Å². The number of sulfonamides is 1. The molecule has 1 spiro atoms. The quantitative estimate of drug-likeness (QED) is 0.370. The predicted octanol–water partition coefficient (Wildman–Crippen LogP) is 6.56. The zero-order valence-electron chi connectivity index (χ0n) is 21.3. The number of hydrogen-bond donors (Lipinski definition) is 1. The summed E-state index contributed by atoms with van der Waals surface area (Å²) in [5.41, 5.74) is 1.76. The second-order valence-corrected chi connectivity index (χ2v) is 12.1. The minimum Gasteiger partial charge on any atom is -0.482 e.